The fourth-order valence-electron chi connectivity index (χ4n) is 2.45. The van der Waals surface area contributed by atoms with Gasteiger partial charge in [-0.25, -0.2) is 4.39 Å². The highest BCUT2D eigenvalue weighted by molar-refractivity contribution is 6.13. The molecular weight excluding hydrogens is 257 g/mol. The summed E-state index contributed by atoms with van der Waals surface area (Å²) in [5, 5.41) is 0. The summed E-state index contributed by atoms with van der Waals surface area (Å²) in [7, 11) is 0. The average molecular weight is 271 g/mol. The molecule has 0 bridgehead atoms. The summed E-state index contributed by atoms with van der Waals surface area (Å²) in [5.74, 6) is -0.283. The van der Waals surface area contributed by atoms with E-state index in [1.54, 1.807) is 6.07 Å². The van der Waals surface area contributed by atoms with Crippen LogP contribution in [-0.2, 0) is 6.42 Å². The standard InChI is InChI=1S/C16H14FNO2/c17-13-8-2-6-11(14(13)18)15(19)12-7-1-4-10-5-3-9-20-16(10)12/h1-2,4,6-8H,3,5,9,18H2. The molecule has 1 aliphatic rings. The smallest absolute Gasteiger partial charge is 0.198 e. The molecule has 0 spiro atoms. The largest absolute Gasteiger partial charge is 0.493 e. The number of benzene rings is 2. The van der Waals surface area contributed by atoms with Crippen molar-refractivity contribution in [1.29, 1.82) is 0 Å². The number of nitrogen functional groups attached to an aromatic ring is 1. The molecule has 0 fully saturated rings. The molecule has 2 aromatic rings. The number of hydrogen-bond donors (Lipinski definition) is 1. The van der Waals surface area contributed by atoms with Crippen molar-refractivity contribution in [3.8, 4) is 5.75 Å². The van der Waals surface area contributed by atoms with Gasteiger partial charge < -0.3 is 10.5 Å². The van der Waals surface area contributed by atoms with Crippen molar-refractivity contribution in [3.63, 3.8) is 0 Å². The summed E-state index contributed by atoms with van der Waals surface area (Å²) in [4.78, 5) is 12.6. The first-order valence-corrected chi connectivity index (χ1v) is 6.52. The van der Waals surface area contributed by atoms with Gasteiger partial charge in [-0.1, -0.05) is 18.2 Å². The summed E-state index contributed by atoms with van der Waals surface area (Å²) in [6.07, 6.45) is 1.82. The predicted molar refractivity (Wildman–Crippen MR) is 74.5 cm³/mol. The third kappa shape index (κ3) is 2.03. The van der Waals surface area contributed by atoms with Crippen LogP contribution in [0.5, 0.6) is 5.75 Å². The molecule has 1 aliphatic heterocycles. The van der Waals surface area contributed by atoms with Gasteiger partial charge in [-0.05, 0) is 36.6 Å². The van der Waals surface area contributed by atoms with Gasteiger partial charge >= 0.3 is 0 Å². The molecule has 3 rings (SSSR count). The van der Waals surface area contributed by atoms with Crippen LogP contribution in [0.1, 0.15) is 27.9 Å². The number of carbonyl (C=O) groups excluding carboxylic acids is 1. The van der Waals surface area contributed by atoms with Crippen molar-refractivity contribution >= 4 is 11.5 Å². The second-order valence-electron chi connectivity index (χ2n) is 4.78. The number of nitrogens with two attached hydrogens (primary N) is 1. The minimum absolute atomic E-state index is 0.120. The molecule has 2 N–H and O–H groups in total. The monoisotopic (exact) mass is 271 g/mol. The lowest BCUT2D eigenvalue weighted by Gasteiger charge is -2.20. The van der Waals surface area contributed by atoms with Crippen LogP contribution >= 0.6 is 0 Å². The zero-order chi connectivity index (χ0) is 14.1. The summed E-state index contributed by atoms with van der Waals surface area (Å²) in [6, 6.07) is 9.70. The van der Waals surface area contributed by atoms with Crippen molar-refractivity contribution in [2.45, 2.75) is 12.8 Å². The first kappa shape index (κ1) is 12.7. The number of fused-ring (bicyclic) bond motifs is 1. The minimum atomic E-state index is -0.582. The number of ketones is 1. The Kier molecular flexibility index (Phi) is 3.14. The molecule has 1 heterocycles. The lowest BCUT2D eigenvalue weighted by atomic mass is 9.96. The number of ether oxygens (including phenoxy) is 1. The van der Waals surface area contributed by atoms with E-state index < -0.39 is 5.82 Å². The molecule has 0 unspecified atom stereocenters. The Labute approximate surface area is 116 Å². The van der Waals surface area contributed by atoms with Crippen LogP contribution in [0.3, 0.4) is 0 Å². The Morgan fingerprint density at radius 3 is 2.75 bits per heavy atom. The predicted octanol–water partition coefficient (Wildman–Crippen LogP) is 2.96. The molecule has 2 aromatic carbocycles. The van der Waals surface area contributed by atoms with E-state index >= 15 is 0 Å². The fraction of sp³-hybridized carbons (Fsp3) is 0.188. The molecule has 20 heavy (non-hydrogen) atoms. The summed E-state index contributed by atoms with van der Waals surface area (Å²) < 4.78 is 19.1. The molecule has 0 aliphatic carbocycles. The summed E-state index contributed by atoms with van der Waals surface area (Å²) in [5.41, 5.74) is 7.17. The SMILES string of the molecule is Nc1c(F)cccc1C(=O)c1cccc2c1OCCC2. The molecule has 3 nitrogen and oxygen atoms in total. The Morgan fingerprint density at radius 1 is 1.15 bits per heavy atom. The van der Waals surface area contributed by atoms with E-state index in [-0.39, 0.29) is 17.0 Å². The van der Waals surface area contributed by atoms with Crippen molar-refractivity contribution in [3.05, 3.63) is 58.9 Å². The highest BCUT2D eigenvalue weighted by atomic mass is 19.1. The van der Waals surface area contributed by atoms with Crippen molar-refractivity contribution in [2.24, 2.45) is 0 Å². The molecule has 0 atom stereocenters. The fourth-order valence-corrected chi connectivity index (χ4v) is 2.45. The van der Waals surface area contributed by atoms with Crippen LogP contribution in [0.15, 0.2) is 36.4 Å². The number of anilines is 1. The maximum Gasteiger partial charge on any atom is 0.198 e. The molecule has 0 saturated carbocycles. The molecule has 0 saturated heterocycles. The van der Waals surface area contributed by atoms with Gasteiger partial charge in [0.05, 0.1) is 17.9 Å². The lowest BCUT2D eigenvalue weighted by molar-refractivity contribution is 0.103. The van der Waals surface area contributed by atoms with Gasteiger partial charge in [0.15, 0.2) is 5.78 Å². The molecule has 4 heteroatoms. The number of halogens is 1. The number of aryl methyl sites for hydroxylation is 1. The van der Waals surface area contributed by atoms with Gasteiger partial charge in [0, 0.05) is 5.56 Å². The number of hydrogen-bond acceptors (Lipinski definition) is 3. The van der Waals surface area contributed by atoms with Gasteiger partial charge in [0.1, 0.15) is 11.6 Å². The Morgan fingerprint density at radius 2 is 1.90 bits per heavy atom. The zero-order valence-corrected chi connectivity index (χ0v) is 10.9. The van der Waals surface area contributed by atoms with E-state index in [0.717, 1.165) is 18.4 Å². The first-order valence-electron chi connectivity index (χ1n) is 6.52. The van der Waals surface area contributed by atoms with Crippen LogP contribution < -0.4 is 10.5 Å². The van der Waals surface area contributed by atoms with Crippen LogP contribution in [0.4, 0.5) is 10.1 Å². The van der Waals surface area contributed by atoms with E-state index in [0.29, 0.717) is 17.9 Å². The number of carbonyl (C=O) groups is 1. The third-order valence-corrected chi connectivity index (χ3v) is 3.48. The quantitative estimate of drug-likeness (QED) is 0.675. The maximum atomic E-state index is 13.5. The van der Waals surface area contributed by atoms with Gasteiger partial charge in [-0.2, -0.15) is 0 Å². The zero-order valence-electron chi connectivity index (χ0n) is 10.9. The number of para-hydroxylation sites is 2. The van der Waals surface area contributed by atoms with Gasteiger partial charge in [-0.15, -0.1) is 0 Å². The molecule has 0 amide bonds. The highest BCUT2D eigenvalue weighted by Crippen LogP contribution is 2.31. The van der Waals surface area contributed by atoms with Gasteiger partial charge in [0.25, 0.3) is 0 Å². The number of rotatable bonds is 2. The second kappa shape index (κ2) is 4.96. The summed E-state index contributed by atoms with van der Waals surface area (Å²) >= 11 is 0. The molecule has 0 aromatic heterocycles. The van der Waals surface area contributed by atoms with E-state index in [1.807, 2.05) is 12.1 Å². The highest BCUT2D eigenvalue weighted by Gasteiger charge is 2.22. The molecule has 0 radical (unpaired) electrons. The lowest BCUT2D eigenvalue weighted by Crippen LogP contribution is -2.14. The Balaban J connectivity index is 2.09. The Hall–Kier alpha value is -2.36. The topological polar surface area (TPSA) is 52.3 Å². The van der Waals surface area contributed by atoms with Crippen LogP contribution in [0, 0.1) is 5.82 Å². The van der Waals surface area contributed by atoms with Crippen LogP contribution in [-0.4, -0.2) is 12.4 Å². The second-order valence-corrected chi connectivity index (χ2v) is 4.78. The average Bonchev–Trinajstić information content (AvgIpc) is 2.49. The Bertz CT molecular complexity index is 682. The third-order valence-electron chi connectivity index (χ3n) is 3.48. The van der Waals surface area contributed by atoms with E-state index in [1.165, 1.54) is 18.2 Å². The maximum absolute atomic E-state index is 13.5. The van der Waals surface area contributed by atoms with E-state index in [4.69, 9.17) is 10.5 Å². The van der Waals surface area contributed by atoms with E-state index in [2.05, 4.69) is 0 Å². The molecular formula is C16H14FNO2. The van der Waals surface area contributed by atoms with E-state index in [9.17, 15) is 9.18 Å². The van der Waals surface area contributed by atoms with Crippen molar-refractivity contribution in [1.82, 2.24) is 0 Å². The van der Waals surface area contributed by atoms with Crippen LogP contribution in [0.25, 0.3) is 0 Å². The minimum Gasteiger partial charge on any atom is -0.493 e. The first-order chi connectivity index (χ1) is 9.68. The normalized spacial score (nSPS) is 13.4. The van der Waals surface area contributed by atoms with Gasteiger partial charge in [-0.3, -0.25) is 4.79 Å². The van der Waals surface area contributed by atoms with Crippen LogP contribution in [0.2, 0.25) is 0 Å². The van der Waals surface area contributed by atoms with Gasteiger partial charge in [0.2, 0.25) is 0 Å². The van der Waals surface area contributed by atoms with Crippen molar-refractivity contribution in [2.75, 3.05) is 12.3 Å². The molecule has 102 valence electrons. The van der Waals surface area contributed by atoms with Crippen molar-refractivity contribution < 1.29 is 13.9 Å². The summed E-state index contributed by atoms with van der Waals surface area (Å²) in [6.45, 7) is 0.593.